The quantitative estimate of drug-likeness (QED) is 0.327. The molecule has 0 aliphatic heterocycles. The van der Waals surface area contributed by atoms with Gasteiger partial charge < -0.3 is 15.7 Å². The molecule has 3 heteroatoms. The molecular weight excluding hydrogens is 380 g/mol. The predicted molar refractivity (Wildman–Crippen MR) is 129 cm³/mol. The molecule has 0 spiro atoms. The van der Waals surface area contributed by atoms with E-state index in [1.54, 1.807) is 0 Å². The number of aromatic hydroxyl groups is 1. The van der Waals surface area contributed by atoms with Crippen LogP contribution in [0, 0.1) is 5.92 Å². The van der Waals surface area contributed by atoms with Crippen LogP contribution in [0.1, 0.15) is 29.7 Å². The minimum absolute atomic E-state index is 0.00887. The van der Waals surface area contributed by atoms with E-state index in [9.17, 15) is 5.11 Å². The Hall–Kier alpha value is -3.14. The summed E-state index contributed by atoms with van der Waals surface area (Å²) in [5.41, 5.74) is 3.48. The summed E-state index contributed by atoms with van der Waals surface area (Å²) >= 11 is 0. The Balaban J connectivity index is 1.57. The molecule has 4 aromatic carbocycles. The maximum Gasteiger partial charge on any atom is 0.121 e. The molecule has 4 rings (SSSR count). The fourth-order valence-corrected chi connectivity index (χ4v) is 4.18. The van der Waals surface area contributed by atoms with Gasteiger partial charge >= 0.3 is 0 Å². The van der Waals surface area contributed by atoms with E-state index in [0.29, 0.717) is 5.75 Å². The van der Waals surface area contributed by atoms with Crippen molar-refractivity contribution in [3.05, 3.63) is 114 Å². The number of nitrogens with one attached hydrogen (secondary N) is 2. The van der Waals surface area contributed by atoms with Gasteiger partial charge in [-0.05, 0) is 40.4 Å². The fourth-order valence-electron chi connectivity index (χ4n) is 4.18. The summed E-state index contributed by atoms with van der Waals surface area (Å²) in [7, 11) is 0. The van der Waals surface area contributed by atoms with Crippen LogP contribution in [0.4, 0.5) is 0 Å². The summed E-state index contributed by atoms with van der Waals surface area (Å²) in [6, 6.07) is 33.0. The van der Waals surface area contributed by atoms with Crippen molar-refractivity contribution in [3.63, 3.8) is 0 Å². The molecule has 4 aromatic rings. The second-order valence-electron chi connectivity index (χ2n) is 8.16. The van der Waals surface area contributed by atoms with Crippen molar-refractivity contribution in [1.82, 2.24) is 10.6 Å². The maximum absolute atomic E-state index is 10.9. The number of fused-ring (bicyclic) bond motifs is 1. The molecule has 31 heavy (non-hydrogen) atoms. The highest BCUT2D eigenvalue weighted by Gasteiger charge is 2.24. The van der Waals surface area contributed by atoms with Crippen LogP contribution in [0.25, 0.3) is 10.8 Å². The summed E-state index contributed by atoms with van der Waals surface area (Å²) in [6.07, 6.45) is 0. The van der Waals surface area contributed by atoms with E-state index in [4.69, 9.17) is 0 Å². The molecule has 0 saturated heterocycles. The van der Waals surface area contributed by atoms with E-state index < -0.39 is 0 Å². The smallest absolute Gasteiger partial charge is 0.121 e. The zero-order chi connectivity index (χ0) is 21.5. The molecule has 3 N–H and O–H groups in total. The number of benzene rings is 4. The van der Waals surface area contributed by atoms with E-state index in [1.807, 2.05) is 36.4 Å². The number of hydrogen-bond donors (Lipinski definition) is 3. The van der Waals surface area contributed by atoms with Crippen LogP contribution in [0.5, 0.6) is 5.75 Å². The third kappa shape index (κ3) is 5.32. The van der Waals surface area contributed by atoms with Crippen LogP contribution in [0.3, 0.4) is 0 Å². The minimum Gasteiger partial charge on any atom is -0.508 e. The van der Waals surface area contributed by atoms with Crippen LogP contribution in [0.15, 0.2) is 97.1 Å². The first-order chi connectivity index (χ1) is 15.2. The Labute approximate surface area is 184 Å². The molecule has 0 saturated carbocycles. The fraction of sp³-hybridized carbons (Fsp3) is 0.214. The third-order valence-electron chi connectivity index (χ3n) is 5.83. The molecular formula is C28H30N2O. The van der Waals surface area contributed by atoms with E-state index in [0.717, 1.165) is 36.0 Å². The molecule has 2 atom stereocenters. The number of phenols is 1. The van der Waals surface area contributed by atoms with Gasteiger partial charge in [0.15, 0.2) is 0 Å². The van der Waals surface area contributed by atoms with Gasteiger partial charge in [0, 0.05) is 24.7 Å². The Morgan fingerprint density at radius 1 is 0.710 bits per heavy atom. The normalized spacial score (nSPS) is 13.2. The van der Waals surface area contributed by atoms with Crippen LogP contribution in [-0.4, -0.2) is 11.7 Å². The first kappa shape index (κ1) is 21.1. The molecule has 0 aliphatic rings. The molecule has 0 heterocycles. The summed E-state index contributed by atoms with van der Waals surface area (Å²) in [4.78, 5) is 0. The van der Waals surface area contributed by atoms with Crippen molar-refractivity contribution in [2.24, 2.45) is 5.92 Å². The second-order valence-corrected chi connectivity index (χ2v) is 8.16. The molecule has 158 valence electrons. The zero-order valence-electron chi connectivity index (χ0n) is 18.0. The third-order valence-corrected chi connectivity index (χ3v) is 5.83. The monoisotopic (exact) mass is 410 g/mol. The first-order valence-corrected chi connectivity index (χ1v) is 10.9. The second kappa shape index (κ2) is 10.3. The van der Waals surface area contributed by atoms with Gasteiger partial charge in [-0.1, -0.05) is 97.9 Å². The molecule has 0 fully saturated rings. The van der Waals surface area contributed by atoms with Gasteiger partial charge in [-0.25, -0.2) is 0 Å². The van der Waals surface area contributed by atoms with Crippen LogP contribution >= 0.6 is 0 Å². The van der Waals surface area contributed by atoms with Gasteiger partial charge in [0.2, 0.25) is 0 Å². The van der Waals surface area contributed by atoms with Gasteiger partial charge in [-0.15, -0.1) is 0 Å². The van der Waals surface area contributed by atoms with Crippen molar-refractivity contribution >= 4 is 10.8 Å². The summed E-state index contributed by atoms with van der Waals surface area (Å²) in [6.45, 7) is 4.65. The molecule has 0 amide bonds. The lowest BCUT2D eigenvalue weighted by atomic mass is 9.89. The molecule has 0 aromatic heterocycles. The SMILES string of the molecule is C[C@@H](CNCc1ccccc1)[C@@H](NCc1ccccc1)c1c(O)ccc2ccccc12. The van der Waals surface area contributed by atoms with E-state index in [-0.39, 0.29) is 12.0 Å². The first-order valence-electron chi connectivity index (χ1n) is 10.9. The van der Waals surface area contributed by atoms with Gasteiger partial charge in [0.1, 0.15) is 5.75 Å². The number of phenolic OH excluding ortho intramolecular Hbond substituents is 1. The minimum atomic E-state index is 0.00887. The molecule has 3 nitrogen and oxygen atoms in total. The zero-order valence-corrected chi connectivity index (χ0v) is 18.0. The average molecular weight is 411 g/mol. The van der Waals surface area contributed by atoms with Crippen molar-refractivity contribution in [3.8, 4) is 5.75 Å². The van der Waals surface area contributed by atoms with Gasteiger partial charge in [0.05, 0.1) is 0 Å². The van der Waals surface area contributed by atoms with E-state index >= 15 is 0 Å². The van der Waals surface area contributed by atoms with Crippen molar-refractivity contribution in [2.45, 2.75) is 26.1 Å². The van der Waals surface area contributed by atoms with Gasteiger partial charge in [-0.3, -0.25) is 0 Å². The summed E-state index contributed by atoms with van der Waals surface area (Å²) in [5, 5.41) is 20.4. The number of hydrogen-bond acceptors (Lipinski definition) is 3. The highest BCUT2D eigenvalue weighted by Crippen LogP contribution is 2.36. The van der Waals surface area contributed by atoms with Gasteiger partial charge in [0.25, 0.3) is 0 Å². The number of rotatable bonds is 9. The Morgan fingerprint density at radius 3 is 2.03 bits per heavy atom. The summed E-state index contributed by atoms with van der Waals surface area (Å²) < 4.78 is 0. The lowest BCUT2D eigenvalue weighted by molar-refractivity contribution is 0.354. The Morgan fingerprint density at radius 2 is 1.32 bits per heavy atom. The topological polar surface area (TPSA) is 44.3 Å². The molecule has 0 bridgehead atoms. The van der Waals surface area contributed by atoms with Crippen LogP contribution in [0.2, 0.25) is 0 Å². The highest BCUT2D eigenvalue weighted by atomic mass is 16.3. The average Bonchev–Trinajstić information content (AvgIpc) is 2.82. The molecule has 0 radical (unpaired) electrons. The standard InChI is InChI=1S/C28H30N2O/c1-21(18-29-19-22-10-4-2-5-11-22)28(30-20-23-12-6-3-7-13-23)27-25-15-9-8-14-24(25)16-17-26(27)31/h2-17,21,28-31H,18-20H2,1H3/t21-,28+/m0/s1. The van der Waals surface area contributed by atoms with Gasteiger partial charge in [-0.2, -0.15) is 0 Å². The lowest BCUT2D eigenvalue weighted by Gasteiger charge is -2.28. The summed E-state index contributed by atoms with van der Waals surface area (Å²) in [5.74, 6) is 0.614. The van der Waals surface area contributed by atoms with E-state index in [1.165, 1.54) is 11.1 Å². The molecule has 0 aliphatic carbocycles. The van der Waals surface area contributed by atoms with Crippen LogP contribution < -0.4 is 10.6 Å². The molecule has 0 unspecified atom stereocenters. The van der Waals surface area contributed by atoms with E-state index in [2.05, 4.69) is 78.2 Å². The van der Waals surface area contributed by atoms with Crippen molar-refractivity contribution < 1.29 is 5.11 Å². The van der Waals surface area contributed by atoms with Crippen molar-refractivity contribution in [1.29, 1.82) is 0 Å². The largest absolute Gasteiger partial charge is 0.508 e. The maximum atomic E-state index is 10.9. The van der Waals surface area contributed by atoms with Crippen LogP contribution in [-0.2, 0) is 13.1 Å². The van der Waals surface area contributed by atoms with Crippen molar-refractivity contribution in [2.75, 3.05) is 6.54 Å². The Bertz CT molecular complexity index is 1100. The highest BCUT2D eigenvalue weighted by molar-refractivity contribution is 5.88. The predicted octanol–water partition coefficient (Wildman–Crippen LogP) is 5.80. The Kier molecular flexibility index (Phi) is 6.98. The lowest BCUT2D eigenvalue weighted by Crippen LogP contribution is -2.33.